The van der Waals surface area contributed by atoms with Crippen molar-refractivity contribution in [3.63, 3.8) is 0 Å². The molecule has 1 aromatic carbocycles. The third kappa shape index (κ3) is 3.48. The van der Waals surface area contributed by atoms with Crippen LogP contribution in [0, 0.1) is 0 Å². The first-order valence-corrected chi connectivity index (χ1v) is 7.97. The molecule has 3 rings (SSSR count). The summed E-state index contributed by atoms with van der Waals surface area (Å²) in [5.41, 5.74) is 1.22. The van der Waals surface area contributed by atoms with Crippen LogP contribution in [0.2, 0.25) is 0 Å². The SMILES string of the molecule is CC1(C)OC[C@@H](COCCn2ccc3c(Br)cccc32)O1. The van der Waals surface area contributed by atoms with Crippen molar-refractivity contribution in [1.29, 1.82) is 0 Å². The summed E-state index contributed by atoms with van der Waals surface area (Å²) in [4.78, 5) is 0. The van der Waals surface area contributed by atoms with Crippen LogP contribution in [0.25, 0.3) is 10.9 Å². The second kappa shape index (κ2) is 6.08. The lowest BCUT2D eigenvalue weighted by atomic mass is 10.2. The number of benzene rings is 1. The monoisotopic (exact) mass is 353 g/mol. The van der Waals surface area contributed by atoms with E-state index in [2.05, 4.69) is 51.0 Å². The average Bonchev–Trinajstić information content (AvgIpc) is 2.99. The second-order valence-electron chi connectivity index (χ2n) is 5.71. The summed E-state index contributed by atoms with van der Waals surface area (Å²) >= 11 is 3.57. The summed E-state index contributed by atoms with van der Waals surface area (Å²) in [6.45, 7) is 6.53. The molecule has 0 unspecified atom stereocenters. The van der Waals surface area contributed by atoms with Gasteiger partial charge in [0, 0.05) is 28.1 Å². The fourth-order valence-electron chi connectivity index (χ4n) is 2.60. The number of ether oxygens (including phenoxy) is 3. The Morgan fingerprint density at radius 1 is 1.38 bits per heavy atom. The Morgan fingerprint density at radius 2 is 2.24 bits per heavy atom. The minimum atomic E-state index is -0.475. The van der Waals surface area contributed by atoms with E-state index in [0.717, 1.165) is 11.0 Å². The van der Waals surface area contributed by atoms with Crippen LogP contribution in [0.3, 0.4) is 0 Å². The summed E-state index contributed by atoms with van der Waals surface area (Å²) in [5, 5.41) is 1.23. The van der Waals surface area contributed by atoms with Crippen LogP contribution in [0.1, 0.15) is 13.8 Å². The smallest absolute Gasteiger partial charge is 0.163 e. The first kappa shape index (κ1) is 15.0. The molecule has 0 amide bonds. The highest BCUT2D eigenvalue weighted by Gasteiger charge is 2.32. The van der Waals surface area contributed by atoms with Crippen LogP contribution in [0.5, 0.6) is 0 Å². The molecule has 2 aromatic rings. The van der Waals surface area contributed by atoms with Gasteiger partial charge in [-0.15, -0.1) is 0 Å². The van der Waals surface area contributed by atoms with Gasteiger partial charge in [-0.25, -0.2) is 0 Å². The summed E-state index contributed by atoms with van der Waals surface area (Å²) in [7, 11) is 0. The van der Waals surface area contributed by atoms with Crippen molar-refractivity contribution in [3.8, 4) is 0 Å². The fraction of sp³-hybridized carbons (Fsp3) is 0.500. The first-order valence-electron chi connectivity index (χ1n) is 7.18. The second-order valence-corrected chi connectivity index (χ2v) is 6.56. The van der Waals surface area contributed by atoms with Crippen LogP contribution in [0.15, 0.2) is 34.9 Å². The van der Waals surface area contributed by atoms with Gasteiger partial charge in [0.15, 0.2) is 5.79 Å². The zero-order valence-electron chi connectivity index (χ0n) is 12.3. The van der Waals surface area contributed by atoms with E-state index >= 15 is 0 Å². The molecule has 4 nitrogen and oxygen atoms in total. The number of rotatable bonds is 5. The highest BCUT2D eigenvalue weighted by Crippen LogP contribution is 2.25. The number of aromatic nitrogens is 1. The molecule has 21 heavy (non-hydrogen) atoms. The maximum atomic E-state index is 5.73. The lowest BCUT2D eigenvalue weighted by Gasteiger charge is -2.17. The third-order valence-corrected chi connectivity index (χ3v) is 4.30. The molecule has 1 saturated heterocycles. The molecule has 0 spiro atoms. The number of halogens is 1. The molecular formula is C16H20BrNO3. The molecule has 1 atom stereocenters. The van der Waals surface area contributed by atoms with Gasteiger partial charge >= 0.3 is 0 Å². The summed E-state index contributed by atoms with van der Waals surface area (Å²) in [6.07, 6.45) is 2.13. The molecule has 1 aromatic heterocycles. The molecule has 1 fully saturated rings. The van der Waals surface area contributed by atoms with Gasteiger partial charge in [-0.3, -0.25) is 0 Å². The molecule has 5 heteroatoms. The topological polar surface area (TPSA) is 32.6 Å². The van der Waals surface area contributed by atoms with E-state index in [9.17, 15) is 0 Å². The molecule has 114 valence electrons. The molecule has 1 aliphatic heterocycles. The normalized spacial score (nSPS) is 21.2. The molecule has 0 bridgehead atoms. The van der Waals surface area contributed by atoms with Crippen molar-refractivity contribution in [2.45, 2.75) is 32.3 Å². The Morgan fingerprint density at radius 3 is 3.00 bits per heavy atom. The molecule has 0 N–H and O–H groups in total. The van der Waals surface area contributed by atoms with Gasteiger partial charge in [0.25, 0.3) is 0 Å². The van der Waals surface area contributed by atoms with Gasteiger partial charge in [0.1, 0.15) is 6.10 Å². The zero-order chi connectivity index (χ0) is 14.9. The predicted octanol–water partition coefficient (Wildman–Crippen LogP) is 3.57. The third-order valence-electron chi connectivity index (χ3n) is 3.61. The van der Waals surface area contributed by atoms with E-state index in [-0.39, 0.29) is 6.10 Å². The molecule has 0 saturated carbocycles. The Kier molecular flexibility index (Phi) is 4.36. The number of hydrogen-bond acceptors (Lipinski definition) is 3. The molecule has 1 aliphatic rings. The molecule has 0 aliphatic carbocycles. The van der Waals surface area contributed by atoms with Crippen LogP contribution >= 0.6 is 15.9 Å². The predicted molar refractivity (Wildman–Crippen MR) is 85.4 cm³/mol. The minimum Gasteiger partial charge on any atom is -0.377 e. The maximum absolute atomic E-state index is 5.73. The van der Waals surface area contributed by atoms with E-state index in [4.69, 9.17) is 14.2 Å². The lowest BCUT2D eigenvalue weighted by Crippen LogP contribution is -2.24. The van der Waals surface area contributed by atoms with Gasteiger partial charge in [-0.2, -0.15) is 0 Å². The number of nitrogens with zero attached hydrogens (tertiary/aromatic N) is 1. The van der Waals surface area contributed by atoms with Crippen molar-refractivity contribution < 1.29 is 14.2 Å². The molecule has 0 radical (unpaired) electrons. The number of hydrogen-bond donors (Lipinski definition) is 0. The van der Waals surface area contributed by atoms with Gasteiger partial charge in [0.2, 0.25) is 0 Å². The zero-order valence-corrected chi connectivity index (χ0v) is 13.9. The van der Waals surface area contributed by atoms with Crippen molar-refractivity contribution >= 4 is 26.8 Å². The van der Waals surface area contributed by atoms with Gasteiger partial charge in [-0.1, -0.05) is 22.0 Å². The van der Waals surface area contributed by atoms with Gasteiger partial charge in [0.05, 0.1) is 19.8 Å². The lowest BCUT2D eigenvalue weighted by molar-refractivity contribution is -0.145. The Hall–Kier alpha value is -0.880. The largest absolute Gasteiger partial charge is 0.377 e. The first-order chi connectivity index (χ1) is 10.1. The highest BCUT2D eigenvalue weighted by molar-refractivity contribution is 9.10. The van der Waals surface area contributed by atoms with E-state index in [1.807, 2.05) is 13.8 Å². The fourth-order valence-corrected chi connectivity index (χ4v) is 3.09. The Balaban J connectivity index is 1.50. The summed E-state index contributed by atoms with van der Waals surface area (Å²) in [5.74, 6) is -0.475. The maximum Gasteiger partial charge on any atom is 0.163 e. The Bertz CT molecular complexity index is 623. The Labute approximate surface area is 133 Å². The van der Waals surface area contributed by atoms with Crippen LogP contribution in [0.4, 0.5) is 0 Å². The van der Waals surface area contributed by atoms with Crippen LogP contribution in [-0.2, 0) is 20.8 Å². The van der Waals surface area contributed by atoms with Crippen LogP contribution < -0.4 is 0 Å². The van der Waals surface area contributed by atoms with Crippen molar-refractivity contribution in [3.05, 3.63) is 34.9 Å². The average molecular weight is 354 g/mol. The van der Waals surface area contributed by atoms with Crippen molar-refractivity contribution in [2.75, 3.05) is 19.8 Å². The van der Waals surface area contributed by atoms with Gasteiger partial charge in [-0.05, 0) is 32.0 Å². The minimum absolute atomic E-state index is 0.0375. The van der Waals surface area contributed by atoms with E-state index in [1.54, 1.807) is 0 Å². The van der Waals surface area contributed by atoms with Crippen molar-refractivity contribution in [1.82, 2.24) is 4.57 Å². The molecule has 2 heterocycles. The van der Waals surface area contributed by atoms with Crippen molar-refractivity contribution in [2.24, 2.45) is 0 Å². The summed E-state index contributed by atoms with van der Waals surface area (Å²) < 4.78 is 20.3. The van der Waals surface area contributed by atoms with Gasteiger partial charge < -0.3 is 18.8 Å². The standard InChI is InChI=1S/C16H20BrNO3/c1-16(2)20-11-12(21-16)10-19-9-8-18-7-6-13-14(17)4-3-5-15(13)18/h3-7,12H,8-11H2,1-2H3/t12-/m1/s1. The van der Waals surface area contributed by atoms with Crippen LogP contribution in [-0.4, -0.2) is 36.3 Å². The van der Waals surface area contributed by atoms with E-state index in [0.29, 0.717) is 19.8 Å². The number of fused-ring (bicyclic) bond motifs is 1. The highest BCUT2D eigenvalue weighted by atomic mass is 79.9. The van der Waals surface area contributed by atoms with E-state index in [1.165, 1.54) is 10.9 Å². The summed E-state index contributed by atoms with van der Waals surface area (Å²) in [6, 6.07) is 8.35. The van der Waals surface area contributed by atoms with E-state index < -0.39 is 5.79 Å². The quantitative estimate of drug-likeness (QED) is 0.770. The molecular weight excluding hydrogens is 334 g/mol.